The van der Waals surface area contributed by atoms with Crippen LogP contribution >= 0.6 is 0 Å². The van der Waals surface area contributed by atoms with Crippen molar-refractivity contribution in [3.05, 3.63) is 0 Å². The summed E-state index contributed by atoms with van der Waals surface area (Å²) in [7, 11) is 1.75. The van der Waals surface area contributed by atoms with E-state index in [1.165, 1.54) is 0 Å². The van der Waals surface area contributed by atoms with Crippen LogP contribution in [0.3, 0.4) is 0 Å². The number of ether oxygens (including phenoxy) is 1. The summed E-state index contributed by atoms with van der Waals surface area (Å²) in [4.78, 5) is 0. The van der Waals surface area contributed by atoms with Gasteiger partial charge in [0.05, 0.1) is 12.2 Å². The Kier molecular flexibility index (Phi) is 2.96. The molecule has 0 saturated heterocycles. The van der Waals surface area contributed by atoms with Crippen molar-refractivity contribution in [1.29, 1.82) is 5.26 Å². The van der Waals surface area contributed by atoms with E-state index in [-0.39, 0.29) is 4.28 Å². The Morgan fingerprint density at radius 3 is 3.00 bits per heavy atom. The minimum atomic E-state index is 0.0128. The highest BCUT2D eigenvalue weighted by Crippen LogP contribution is 2.39. The molecule has 60 valence electrons. The molecule has 0 heterocycles. The van der Waals surface area contributed by atoms with Gasteiger partial charge < -0.3 is 4.74 Å². The molecule has 11 heavy (non-hydrogen) atoms. The van der Waals surface area contributed by atoms with E-state index in [1.54, 1.807) is 7.11 Å². The fourth-order valence-corrected chi connectivity index (χ4v) is 2.54. The van der Waals surface area contributed by atoms with Crippen molar-refractivity contribution in [3.63, 3.8) is 0 Å². The Hall–Kier alpha value is -0.0175. The molecule has 0 aromatic heterocycles. The molecule has 1 aliphatic carbocycles. The highest BCUT2D eigenvalue weighted by molar-refractivity contribution is 6.17. The zero-order valence-corrected chi connectivity index (χ0v) is 9.26. The number of hydrogen-bond acceptors (Lipinski definition) is 2. The van der Waals surface area contributed by atoms with E-state index in [0.717, 1.165) is 42.0 Å². The van der Waals surface area contributed by atoms with Crippen molar-refractivity contribution >= 4 is 16.3 Å². The second kappa shape index (κ2) is 3.59. The van der Waals surface area contributed by atoms with Gasteiger partial charge in [0.15, 0.2) is 0 Å². The molecule has 0 spiro atoms. The summed E-state index contributed by atoms with van der Waals surface area (Å²) in [5.41, 5.74) is 0. The average Bonchev–Trinajstić information content (AvgIpc) is 2.05. The lowest BCUT2D eigenvalue weighted by atomic mass is 9.87. The van der Waals surface area contributed by atoms with Crippen LogP contribution in [0, 0.1) is 11.3 Å². The SMILES string of the molecule is COC1CCC[C]([AlH2])(C#N)C1. The van der Waals surface area contributed by atoms with Gasteiger partial charge in [0.1, 0.15) is 0 Å². The van der Waals surface area contributed by atoms with E-state index < -0.39 is 0 Å². The first-order chi connectivity index (χ1) is 5.20. The van der Waals surface area contributed by atoms with Crippen LogP contribution in [0.1, 0.15) is 25.7 Å². The molecule has 0 aromatic rings. The average molecular weight is 167 g/mol. The van der Waals surface area contributed by atoms with E-state index in [0.29, 0.717) is 6.10 Å². The number of nitriles is 1. The molecule has 1 aliphatic rings. The maximum Gasteiger partial charge on any atom is 0.244 e. The quantitative estimate of drug-likeness (QED) is 0.543. The summed E-state index contributed by atoms with van der Waals surface area (Å²) >= 11 is 0.982. The van der Waals surface area contributed by atoms with E-state index in [1.807, 2.05) is 0 Å². The summed E-state index contributed by atoms with van der Waals surface area (Å²) < 4.78 is 5.27. The summed E-state index contributed by atoms with van der Waals surface area (Å²) in [6.45, 7) is 0. The summed E-state index contributed by atoms with van der Waals surface area (Å²) in [5.74, 6) is 0. The molecule has 1 fully saturated rings. The first kappa shape index (κ1) is 9.07. The summed E-state index contributed by atoms with van der Waals surface area (Å²) in [5, 5.41) is 8.89. The van der Waals surface area contributed by atoms with Gasteiger partial charge in [-0.2, -0.15) is 5.26 Å². The smallest absolute Gasteiger partial charge is 0.244 e. The Labute approximate surface area is 76.0 Å². The first-order valence-corrected chi connectivity index (χ1v) is 5.14. The van der Waals surface area contributed by atoms with Gasteiger partial charge >= 0.3 is 0 Å². The molecule has 2 unspecified atom stereocenters. The molecule has 3 heteroatoms. The third-order valence-corrected chi connectivity index (χ3v) is 3.67. The van der Waals surface area contributed by atoms with Crippen molar-refractivity contribution < 1.29 is 4.74 Å². The zero-order chi connectivity index (χ0) is 8.32. The molecular weight excluding hydrogens is 153 g/mol. The molecule has 0 aliphatic heterocycles. The fraction of sp³-hybridized carbons (Fsp3) is 0.875. The van der Waals surface area contributed by atoms with Crippen molar-refractivity contribution in [2.24, 2.45) is 0 Å². The van der Waals surface area contributed by atoms with Crippen LogP contribution in [0.25, 0.3) is 0 Å². The second-order valence-corrected chi connectivity index (χ2v) is 5.54. The Bertz CT molecular complexity index is 177. The van der Waals surface area contributed by atoms with Crippen molar-refractivity contribution in [3.8, 4) is 6.07 Å². The van der Waals surface area contributed by atoms with Gasteiger partial charge in [0.2, 0.25) is 16.3 Å². The maximum atomic E-state index is 8.89. The molecule has 1 saturated carbocycles. The van der Waals surface area contributed by atoms with E-state index in [2.05, 4.69) is 6.07 Å². The molecule has 0 radical (unpaired) electrons. The molecule has 2 atom stereocenters. The molecule has 0 amide bonds. The van der Waals surface area contributed by atoms with Crippen LogP contribution in [0.4, 0.5) is 0 Å². The number of methoxy groups -OCH3 is 1. The summed E-state index contributed by atoms with van der Waals surface area (Å²) in [6.07, 6.45) is 4.71. The van der Waals surface area contributed by atoms with Gasteiger partial charge in [-0.15, -0.1) is 0 Å². The van der Waals surface area contributed by atoms with Gasteiger partial charge in [0.25, 0.3) is 0 Å². The number of rotatable bonds is 1. The first-order valence-electron chi connectivity index (χ1n) is 4.14. The fourth-order valence-electron chi connectivity index (χ4n) is 1.73. The molecular formula is C8H14AlNO. The highest BCUT2D eigenvalue weighted by Gasteiger charge is 2.31. The Morgan fingerprint density at radius 1 is 1.73 bits per heavy atom. The lowest BCUT2D eigenvalue weighted by molar-refractivity contribution is 0.0633. The van der Waals surface area contributed by atoms with Crippen molar-refractivity contribution in [2.75, 3.05) is 7.11 Å². The molecule has 2 nitrogen and oxygen atoms in total. The minimum Gasteiger partial charge on any atom is -0.381 e. The van der Waals surface area contributed by atoms with Gasteiger partial charge in [-0.25, -0.2) is 0 Å². The van der Waals surface area contributed by atoms with Gasteiger partial charge in [-0.3, -0.25) is 0 Å². The van der Waals surface area contributed by atoms with E-state index in [9.17, 15) is 0 Å². The van der Waals surface area contributed by atoms with Crippen molar-refractivity contribution in [2.45, 2.75) is 36.1 Å². The van der Waals surface area contributed by atoms with Crippen molar-refractivity contribution in [1.82, 2.24) is 0 Å². The number of nitrogens with zero attached hydrogens (tertiary/aromatic N) is 1. The summed E-state index contributed by atoms with van der Waals surface area (Å²) in [6, 6.07) is 2.43. The molecule has 0 bridgehead atoms. The largest absolute Gasteiger partial charge is 0.381 e. The topological polar surface area (TPSA) is 33.0 Å². The van der Waals surface area contributed by atoms with Crippen LogP contribution in [0.5, 0.6) is 0 Å². The molecule has 1 rings (SSSR count). The van der Waals surface area contributed by atoms with Crippen LogP contribution in [-0.4, -0.2) is 29.5 Å². The second-order valence-electron chi connectivity index (χ2n) is 3.63. The zero-order valence-electron chi connectivity index (χ0n) is 7.26. The van der Waals surface area contributed by atoms with Gasteiger partial charge in [-0.05, 0) is 19.3 Å². The van der Waals surface area contributed by atoms with Gasteiger partial charge in [-0.1, -0.05) is 6.42 Å². The van der Waals surface area contributed by atoms with Crippen LogP contribution in [0.2, 0.25) is 4.28 Å². The Balaban J connectivity index is 2.53. The number of hydrogen-bond donors (Lipinski definition) is 0. The van der Waals surface area contributed by atoms with Gasteiger partial charge in [0, 0.05) is 11.4 Å². The third-order valence-electron chi connectivity index (χ3n) is 2.54. The maximum absolute atomic E-state index is 8.89. The normalized spacial score (nSPS) is 38.0. The monoisotopic (exact) mass is 167 g/mol. The van der Waals surface area contributed by atoms with Crippen LogP contribution in [-0.2, 0) is 4.74 Å². The van der Waals surface area contributed by atoms with E-state index in [4.69, 9.17) is 10.00 Å². The minimum absolute atomic E-state index is 0.0128. The van der Waals surface area contributed by atoms with Crippen LogP contribution in [0.15, 0.2) is 0 Å². The van der Waals surface area contributed by atoms with E-state index >= 15 is 0 Å². The lowest BCUT2D eigenvalue weighted by Gasteiger charge is -2.32. The Morgan fingerprint density at radius 2 is 2.45 bits per heavy atom. The molecule has 0 N–H and O–H groups in total. The highest BCUT2D eigenvalue weighted by atomic mass is 27.0. The third kappa shape index (κ3) is 2.21. The lowest BCUT2D eigenvalue weighted by Crippen LogP contribution is -2.26. The van der Waals surface area contributed by atoms with Crippen LogP contribution < -0.4 is 0 Å². The predicted molar refractivity (Wildman–Crippen MR) is 46.1 cm³/mol. The molecule has 0 aromatic carbocycles. The predicted octanol–water partition coefficient (Wildman–Crippen LogP) is 0.891. The standard InChI is InChI=1S/C8H12NO.Al.2H/c1-10-8-4-2-3-7(5-8)6-9;;;/h8H,2-5H2,1H3;;;.